The fourth-order valence-corrected chi connectivity index (χ4v) is 1.43. The maximum Gasteiger partial charge on any atom is 0.120 e. The molecular formula is C9H11BrOS. The van der Waals surface area contributed by atoms with Crippen LogP contribution in [0.15, 0.2) is 28.7 Å². The molecule has 1 nitrogen and oxygen atoms in total. The summed E-state index contributed by atoms with van der Waals surface area (Å²) in [5.74, 6) is 1.96. The molecule has 0 aliphatic heterocycles. The lowest BCUT2D eigenvalue weighted by Crippen LogP contribution is -1.99. The van der Waals surface area contributed by atoms with E-state index in [2.05, 4.69) is 22.2 Å². The summed E-state index contributed by atoms with van der Waals surface area (Å²) in [6, 6.07) is 7.89. The minimum absolute atomic E-state index is 0.775. The molecule has 0 bridgehead atoms. The molecule has 0 radical (unpaired) electrons. The van der Waals surface area contributed by atoms with Crippen LogP contribution < -0.4 is 4.74 Å². The van der Waals surface area contributed by atoms with E-state index in [1.165, 1.54) is 0 Å². The fraction of sp³-hybridized carbons (Fsp3) is 0.333. The van der Waals surface area contributed by atoms with Crippen molar-refractivity contribution in [1.29, 1.82) is 0 Å². The molecule has 0 saturated carbocycles. The molecule has 0 unspecified atom stereocenters. The molecule has 0 saturated heterocycles. The van der Waals surface area contributed by atoms with Crippen molar-refractivity contribution in [2.75, 3.05) is 18.6 Å². The van der Waals surface area contributed by atoms with Crippen molar-refractivity contribution in [1.82, 2.24) is 0 Å². The first-order valence-electron chi connectivity index (χ1n) is 3.70. The van der Waals surface area contributed by atoms with Gasteiger partial charge in [-0.3, -0.25) is 0 Å². The van der Waals surface area contributed by atoms with Crippen molar-refractivity contribution in [2.24, 2.45) is 0 Å². The second-order valence-electron chi connectivity index (χ2n) is 2.30. The fourth-order valence-electron chi connectivity index (χ4n) is 0.800. The lowest BCUT2D eigenvalue weighted by molar-refractivity contribution is 0.344. The van der Waals surface area contributed by atoms with Gasteiger partial charge < -0.3 is 4.74 Å². The van der Waals surface area contributed by atoms with Crippen LogP contribution in [-0.2, 0) is 0 Å². The normalized spacial score (nSPS) is 9.83. The van der Waals surface area contributed by atoms with Crippen molar-refractivity contribution in [3.8, 4) is 5.75 Å². The molecule has 0 atom stereocenters. The summed E-state index contributed by atoms with van der Waals surface area (Å²) in [7, 11) is 0. The summed E-state index contributed by atoms with van der Waals surface area (Å²) >= 11 is 5.17. The molecule has 3 heteroatoms. The zero-order valence-electron chi connectivity index (χ0n) is 6.92. The van der Waals surface area contributed by atoms with Crippen LogP contribution in [0.25, 0.3) is 0 Å². The predicted molar refractivity (Wildman–Crippen MR) is 58.0 cm³/mol. The average Bonchev–Trinajstić information content (AvgIpc) is 2.05. The van der Waals surface area contributed by atoms with Crippen molar-refractivity contribution in [3.05, 3.63) is 28.7 Å². The predicted octanol–water partition coefficient (Wildman–Crippen LogP) is 3.19. The highest BCUT2D eigenvalue weighted by Gasteiger charge is 1.92. The van der Waals surface area contributed by atoms with Crippen molar-refractivity contribution in [3.63, 3.8) is 0 Å². The van der Waals surface area contributed by atoms with E-state index in [9.17, 15) is 0 Å². The molecule has 1 rings (SSSR count). The van der Waals surface area contributed by atoms with Crippen LogP contribution in [0.1, 0.15) is 0 Å². The Balaban J connectivity index is 2.41. The van der Waals surface area contributed by atoms with Crippen LogP contribution in [0.3, 0.4) is 0 Å². The van der Waals surface area contributed by atoms with Gasteiger partial charge in [0.05, 0.1) is 6.61 Å². The summed E-state index contributed by atoms with van der Waals surface area (Å²) in [4.78, 5) is 0. The third kappa shape index (κ3) is 3.50. The Kier molecular flexibility index (Phi) is 4.54. The van der Waals surface area contributed by atoms with Crippen molar-refractivity contribution >= 4 is 27.7 Å². The van der Waals surface area contributed by atoms with Gasteiger partial charge in [-0.2, -0.15) is 11.8 Å². The molecule has 12 heavy (non-hydrogen) atoms. The van der Waals surface area contributed by atoms with Gasteiger partial charge in [0.15, 0.2) is 0 Å². The molecule has 1 aromatic rings. The van der Waals surface area contributed by atoms with Crippen LogP contribution >= 0.6 is 27.7 Å². The Morgan fingerprint density at radius 1 is 1.50 bits per heavy atom. The minimum Gasteiger partial charge on any atom is -0.493 e. The summed E-state index contributed by atoms with van der Waals surface area (Å²) in [5, 5.41) is 0. The SMILES string of the molecule is CSCCOc1cccc(Br)c1. The highest BCUT2D eigenvalue weighted by Crippen LogP contribution is 2.17. The maximum atomic E-state index is 5.48. The molecule has 1 aromatic carbocycles. The second kappa shape index (κ2) is 5.49. The van der Waals surface area contributed by atoms with Gasteiger partial charge in [0.2, 0.25) is 0 Å². The number of thioether (sulfide) groups is 1. The Morgan fingerprint density at radius 2 is 2.33 bits per heavy atom. The number of hydrogen-bond acceptors (Lipinski definition) is 2. The van der Waals surface area contributed by atoms with Gasteiger partial charge in [0, 0.05) is 10.2 Å². The Bertz CT molecular complexity index is 240. The highest BCUT2D eigenvalue weighted by molar-refractivity contribution is 9.10. The van der Waals surface area contributed by atoms with E-state index in [0.717, 1.165) is 22.6 Å². The van der Waals surface area contributed by atoms with E-state index in [4.69, 9.17) is 4.74 Å². The monoisotopic (exact) mass is 246 g/mol. The van der Waals surface area contributed by atoms with Gasteiger partial charge in [-0.1, -0.05) is 22.0 Å². The van der Waals surface area contributed by atoms with Crippen molar-refractivity contribution in [2.45, 2.75) is 0 Å². The molecule has 0 fully saturated rings. The van der Waals surface area contributed by atoms with Gasteiger partial charge in [0.25, 0.3) is 0 Å². The smallest absolute Gasteiger partial charge is 0.120 e. The topological polar surface area (TPSA) is 9.23 Å². The van der Waals surface area contributed by atoms with Gasteiger partial charge in [-0.15, -0.1) is 0 Å². The molecule has 0 N–H and O–H groups in total. The first-order chi connectivity index (χ1) is 5.83. The Hall–Kier alpha value is -0.150. The quantitative estimate of drug-likeness (QED) is 0.755. The first-order valence-corrected chi connectivity index (χ1v) is 5.89. The van der Waals surface area contributed by atoms with Gasteiger partial charge in [0.1, 0.15) is 5.75 Å². The number of benzene rings is 1. The van der Waals surface area contributed by atoms with E-state index >= 15 is 0 Å². The van der Waals surface area contributed by atoms with Gasteiger partial charge in [-0.25, -0.2) is 0 Å². The standard InChI is InChI=1S/C9H11BrOS/c1-12-6-5-11-9-4-2-3-8(10)7-9/h2-4,7H,5-6H2,1H3. The number of halogens is 1. The van der Waals surface area contributed by atoms with Crippen LogP contribution in [0.4, 0.5) is 0 Å². The summed E-state index contributed by atoms with van der Waals surface area (Å²) in [5.41, 5.74) is 0. The molecule has 0 heterocycles. The molecule has 0 aliphatic rings. The third-order valence-electron chi connectivity index (χ3n) is 1.35. The molecule has 0 aromatic heterocycles. The number of hydrogen-bond donors (Lipinski definition) is 0. The van der Waals surface area contributed by atoms with E-state index in [0.29, 0.717) is 0 Å². The minimum atomic E-state index is 0.775. The summed E-state index contributed by atoms with van der Waals surface area (Å²) in [6.45, 7) is 0.775. The lowest BCUT2D eigenvalue weighted by atomic mass is 10.3. The van der Waals surface area contributed by atoms with E-state index in [1.807, 2.05) is 24.3 Å². The van der Waals surface area contributed by atoms with E-state index < -0.39 is 0 Å². The summed E-state index contributed by atoms with van der Waals surface area (Å²) in [6.07, 6.45) is 2.07. The molecule has 66 valence electrons. The molecule has 0 spiro atoms. The van der Waals surface area contributed by atoms with E-state index in [-0.39, 0.29) is 0 Å². The third-order valence-corrected chi connectivity index (χ3v) is 2.42. The number of ether oxygens (including phenoxy) is 1. The van der Waals surface area contributed by atoms with Gasteiger partial charge in [-0.05, 0) is 24.5 Å². The van der Waals surface area contributed by atoms with Crippen molar-refractivity contribution < 1.29 is 4.74 Å². The van der Waals surface area contributed by atoms with Crippen LogP contribution in [0, 0.1) is 0 Å². The Morgan fingerprint density at radius 3 is 3.00 bits per heavy atom. The maximum absolute atomic E-state index is 5.48. The average molecular weight is 247 g/mol. The lowest BCUT2D eigenvalue weighted by Gasteiger charge is -2.04. The molecule has 0 amide bonds. The first kappa shape index (κ1) is 9.93. The zero-order chi connectivity index (χ0) is 8.81. The summed E-state index contributed by atoms with van der Waals surface area (Å²) < 4.78 is 6.54. The van der Waals surface area contributed by atoms with Crippen LogP contribution in [0.2, 0.25) is 0 Å². The second-order valence-corrected chi connectivity index (χ2v) is 4.20. The zero-order valence-corrected chi connectivity index (χ0v) is 9.32. The molecular weight excluding hydrogens is 236 g/mol. The van der Waals surface area contributed by atoms with E-state index in [1.54, 1.807) is 11.8 Å². The largest absolute Gasteiger partial charge is 0.493 e. The molecule has 0 aliphatic carbocycles. The number of rotatable bonds is 4. The Labute approximate surface area is 85.6 Å². The van der Waals surface area contributed by atoms with Crippen LogP contribution in [-0.4, -0.2) is 18.6 Å². The van der Waals surface area contributed by atoms with Crippen LogP contribution in [0.5, 0.6) is 5.75 Å². The highest BCUT2D eigenvalue weighted by atomic mass is 79.9. The van der Waals surface area contributed by atoms with Gasteiger partial charge >= 0.3 is 0 Å².